The zero-order valence-electron chi connectivity index (χ0n) is 16.5. The maximum absolute atomic E-state index is 12.8. The van der Waals surface area contributed by atoms with E-state index in [1.165, 1.54) is 5.56 Å². The highest BCUT2D eigenvalue weighted by Gasteiger charge is 2.59. The molecule has 0 N–H and O–H groups in total. The van der Waals surface area contributed by atoms with E-state index in [-0.39, 0.29) is 35.5 Å². The molecular formula is C24H21BrN2O3. The molecule has 3 aliphatic rings. The number of amides is 2. The monoisotopic (exact) mass is 464 g/mol. The molecule has 1 heterocycles. The molecule has 5 rings (SSSR count). The van der Waals surface area contributed by atoms with Crippen molar-refractivity contribution in [3.05, 3.63) is 75.8 Å². The molecular weight excluding hydrogens is 444 g/mol. The van der Waals surface area contributed by atoms with E-state index in [4.69, 9.17) is 4.74 Å². The number of carbonyl (C=O) groups excluding carboxylic acids is 2. The standard InChI is InChI=1S/C24H21BrN2O3/c1-14-3-2-4-15(9-14)13-30-20-8-7-19(25)11-18(20)12-26-27-23(28)21-16-5-6-17(10-16)22(21)24(27)29/h2-9,11-12,16-17,21-22H,10,13H2,1H3/t16-,17-,21-,22+/m0/s1. The Morgan fingerprint density at radius 3 is 2.53 bits per heavy atom. The third-order valence-electron chi connectivity index (χ3n) is 6.21. The van der Waals surface area contributed by atoms with E-state index in [1.807, 2.05) is 43.3 Å². The SMILES string of the molecule is Cc1cccc(COc2ccc(Br)cc2C=NN2C(=O)[C@@H]3[C@H](C2=O)[C@H]2C=C[C@H]3C2)c1. The largest absolute Gasteiger partial charge is 0.488 e. The molecule has 2 aromatic rings. The minimum atomic E-state index is -0.246. The maximum Gasteiger partial charge on any atom is 0.254 e. The van der Waals surface area contributed by atoms with Crippen LogP contribution >= 0.6 is 15.9 Å². The first-order valence-electron chi connectivity index (χ1n) is 10.1. The Hall–Kier alpha value is -2.73. The molecule has 0 unspecified atom stereocenters. The van der Waals surface area contributed by atoms with E-state index in [0.717, 1.165) is 21.5 Å². The lowest BCUT2D eigenvalue weighted by molar-refractivity contribution is -0.140. The van der Waals surface area contributed by atoms with Gasteiger partial charge in [0.15, 0.2) is 0 Å². The van der Waals surface area contributed by atoms with Crippen LogP contribution in [0.4, 0.5) is 0 Å². The molecule has 2 bridgehead atoms. The van der Waals surface area contributed by atoms with Gasteiger partial charge in [0.05, 0.1) is 18.1 Å². The highest BCUT2D eigenvalue weighted by molar-refractivity contribution is 9.10. The number of benzene rings is 2. The summed E-state index contributed by atoms with van der Waals surface area (Å²) < 4.78 is 6.88. The first kappa shape index (κ1) is 19.2. The first-order valence-corrected chi connectivity index (χ1v) is 10.9. The van der Waals surface area contributed by atoms with Gasteiger partial charge in [0.2, 0.25) is 0 Å². The molecule has 1 aliphatic heterocycles. The number of ether oxygens (including phenoxy) is 1. The van der Waals surface area contributed by atoms with Crippen molar-refractivity contribution in [1.82, 2.24) is 5.01 Å². The highest BCUT2D eigenvalue weighted by Crippen LogP contribution is 2.52. The number of hydrogen-bond donors (Lipinski definition) is 0. The molecule has 5 nitrogen and oxygen atoms in total. The van der Waals surface area contributed by atoms with E-state index in [9.17, 15) is 9.59 Å². The van der Waals surface area contributed by atoms with Crippen LogP contribution in [0.25, 0.3) is 0 Å². The van der Waals surface area contributed by atoms with Crippen molar-refractivity contribution in [2.75, 3.05) is 0 Å². The minimum Gasteiger partial charge on any atom is -0.488 e. The average molecular weight is 465 g/mol. The van der Waals surface area contributed by atoms with Crippen molar-refractivity contribution in [2.45, 2.75) is 20.0 Å². The summed E-state index contributed by atoms with van der Waals surface area (Å²) in [4.78, 5) is 25.6. The summed E-state index contributed by atoms with van der Waals surface area (Å²) in [5.74, 6) is 0.134. The fourth-order valence-corrected chi connectivity index (χ4v) is 5.21. The molecule has 152 valence electrons. The number of halogens is 1. The molecule has 0 spiro atoms. The summed E-state index contributed by atoms with van der Waals surface area (Å²) in [6.07, 6.45) is 6.61. The van der Waals surface area contributed by atoms with Gasteiger partial charge in [-0.3, -0.25) is 9.59 Å². The van der Waals surface area contributed by atoms with Crippen molar-refractivity contribution < 1.29 is 14.3 Å². The topological polar surface area (TPSA) is 59.0 Å². The van der Waals surface area contributed by atoms with Crippen LogP contribution in [0.15, 0.2) is 64.2 Å². The molecule has 2 aliphatic carbocycles. The van der Waals surface area contributed by atoms with Gasteiger partial charge in [0.25, 0.3) is 11.8 Å². The number of imide groups is 1. The van der Waals surface area contributed by atoms with Gasteiger partial charge < -0.3 is 4.74 Å². The number of fused-ring (bicyclic) bond motifs is 5. The Balaban J connectivity index is 1.36. The number of nitrogens with zero attached hydrogens (tertiary/aromatic N) is 2. The van der Waals surface area contributed by atoms with Crippen molar-refractivity contribution in [1.29, 1.82) is 0 Å². The van der Waals surface area contributed by atoms with Crippen LogP contribution in [-0.2, 0) is 16.2 Å². The van der Waals surface area contributed by atoms with E-state index in [2.05, 4.69) is 39.2 Å². The third-order valence-corrected chi connectivity index (χ3v) is 6.70. The fourth-order valence-electron chi connectivity index (χ4n) is 4.83. The van der Waals surface area contributed by atoms with Crippen molar-refractivity contribution in [3.8, 4) is 5.75 Å². The quantitative estimate of drug-likeness (QED) is 0.372. The highest BCUT2D eigenvalue weighted by atomic mass is 79.9. The van der Waals surface area contributed by atoms with Gasteiger partial charge >= 0.3 is 0 Å². The molecule has 6 heteroatoms. The van der Waals surface area contributed by atoms with Crippen LogP contribution < -0.4 is 4.74 Å². The summed E-state index contributed by atoms with van der Waals surface area (Å²) in [7, 11) is 0. The van der Waals surface area contributed by atoms with E-state index >= 15 is 0 Å². The molecule has 1 saturated carbocycles. The van der Waals surface area contributed by atoms with Gasteiger partial charge in [-0.25, -0.2) is 0 Å². The van der Waals surface area contributed by atoms with Gasteiger partial charge in [0.1, 0.15) is 12.4 Å². The second-order valence-electron chi connectivity index (χ2n) is 8.19. The summed E-state index contributed by atoms with van der Waals surface area (Å²) in [5.41, 5.74) is 2.95. The smallest absolute Gasteiger partial charge is 0.254 e. The molecule has 1 saturated heterocycles. The van der Waals surface area contributed by atoms with Gasteiger partial charge in [-0.2, -0.15) is 10.1 Å². The maximum atomic E-state index is 12.8. The van der Waals surface area contributed by atoms with E-state index in [1.54, 1.807) is 6.21 Å². The van der Waals surface area contributed by atoms with Gasteiger partial charge in [-0.05, 0) is 48.9 Å². The lowest BCUT2D eigenvalue weighted by Gasteiger charge is -2.13. The Kier molecular flexibility index (Phi) is 4.82. The molecule has 0 aromatic heterocycles. The zero-order valence-corrected chi connectivity index (χ0v) is 18.1. The summed E-state index contributed by atoms with van der Waals surface area (Å²) in [6, 6.07) is 13.8. The molecule has 2 amide bonds. The van der Waals surface area contributed by atoms with E-state index in [0.29, 0.717) is 17.9 Å². The number of hydrogen-bond acceptors (Lipinski definition) is 4. The number of rotatable bonds is 5. The third kappa shape index (κ3) is 3.29. The molecule has 2 aromatic carbocycles. The average Bonchev–Trinajstić information content (AvgIpc) is 3.40. The lowest BCUT2D eigenvalue weighted by atomic mass is 9.85. The van der Waals surface area contributed by atoms with Gasteiger partial charge in [-0.1, -0.05) is 57.9 Å². The minimum absolute atomic E-state index is 0.177. The first-order chi connectivity index (χ1) is 14.5. The number of carbonyl (C=O) groups is 2. The Labute approximate surface area is 183 Å². The van der Waals surface area contributed by atoms with Crippen LogP contribution in [0.5, 0.6) is 5.75 Å². The number of allylic oxidation sites excluding steroid dienone is 2. The Bertz CT molecular complexity index is 1060. The zero-order chi connectivity index (χ0) is 20.8. The van der Waals surface area contributed by atoms with Crippen LogP contribution in [-0.4, -0.2) is 23.0 Å². The van der Waals surface area contributed by atoms with E-state index < -0.39 is 0 Å². The normalized spacial score (nSPS) is 26.8. The summed E-state index contributed by atoms with van der Waals surface area (Å²) in [5, 5.41) is 5.35. The van der Waals surface area contributed by atoms with Crippen molar-refractivity contribution >= 4 is 34.0 Å². The predicted octanol–water partition coefficient (Wildman–Crippen LogP) is 4.48. The number of hydrazone groups is 1. The second-order valence-corrected chi connectivity index (χ2v) is 9.11. The predicted molar refractivity (Wildman–Crippen MR) is 117 cm³/mol. The Morgan fingerprint density at radius 1 is 1.10 bits per heavy atom. The van der Waals surface area contributed by atoms with Crippen LogP contribution in [0.3, 0.4) is 0 Å². The lowest BCUT2D eigenvalue weighted by Crippen LogP contribution is -2.28. The van der Waals surface area contributed by atoms with Crippen molar-refractivity contribution in [2.24, 2.45) is 28.8 Å². The number of aryl methyl sites for hydroxylation is 1. The molecule has 2 fully saturated rings. The summed E-state index contributed by atoms with van der Waals surface area (Å²) in [6.45, 7) is 2.47. The molecule has 0 radical (unpaired) electrons. The molecule has 4 atom stereocenters. The Morgan fingerprint density at radius 2 is 1.83 bits per heavy atom. The van der Waals surface area contributed by atoms with Gasteiger partial charge in [-0.15, -0.1) is 0 Å². The van der Waals surface area contributed by atoms with Crippen LogP contribution in [0.1, 0.15) is 23.1 Å². The van der Waals surface area contributed by atoms with Crippen molar-refractivity contribution in [3.63, 3.8) is 0 Å². The van der Waals surface area contributed by atoms with Crippen LogP contribution in [0.2, 0.25) is 0 Å². The summed E-state index contributed by atoms with van der Waals surface area (Å²) >= 11 is 3.47. The van der Waals surface area contributed by atoms with Crippen LogP contribution in [0, 0.1) is 30.6 Å². The van der Waals surface area contributed by atoms with Gasteiger partial charge in [0, 0.05) is 10.0 Å². The second kappa shape index (κ2) is 7.51. The fraction of sp³-hybridized carbons (Fsp3) is 0.292. The molecule has 30 heavy (non-hydrogen) atoms.